The van der Waals surface area contributed by atoms with E-state index >= 15 is 0 Å². The summed E-state index contributed by atoms with van der Waals surface area (Å²) in [4.78, 5) is 23.6. The Morgan fingerprint density at radius 2 is 1.52 bits per heavy atom. The minimum Gasteiger partial charge on any atom is -0.503 e. The van der Waals surface area contributed by atoms with Crippen molar-refractivity contribution in [3.8, 4) is 0 Å². The van der Waals surface area contributed by atoms with Gasteiger partial charge in [0.2, 0.25) is 5.91 Å². The van der Waals surface area contributed by atoms with Crippen molar-refractivity contribution in [2.24, 2.45) is 5.41 Å². The molecule has 0 heterocycles. The van der Waals surface area contributed by atoms with Crippen LogP contribution in [0, 0.1) is 26.3 Å². The quantitative estimate of drug-likeness (QED) is 0.472. The molecular formula is C20H39N2O2Ti. The number of carbonyl (C=O) groups excluding carboxylic acids is 2. The molecule has 1 fully saturated rings. The molecular weight excluding hydrogens is 348 g/mol. The Hall–Kier alpha value is -0.346. The molecule has 2 N–H and O–H groups in total. The van der Waals surface area contributed by atoms with Gasteiger partial charge in [-0.1, -0.05) is 58.8 Å². The minimum absolute atomic E-state index is 0. The first-order valence-corrected chi connectivity index (χ1v) is 8.92. The molecule has 1 rings (SSSR count). The van der Waals surface area contributed by atoms with Crippen molar-refractivity contribution in [2.75, 3.05) is 0 Å². The fraction of sp³-hybridized carbons (Fsp3) is 0.750. The molecule has 0 aromatic heterocycles. The molecule has 2 amide bonds. The number of carbonyl (C=O) groups is 2. The van der Waals surface area contributed by atoms with Gasteiger partial charge in [0, 0.05) is 18.9 Å². The molecule has 1 radical (unpaired) electrons. The molecule has 0 aromatic carbocycles. The van der Waals surface area contributed by atoms with Gasteiger partial charge < -0.3 is 25.5 Å². The summed E-state index contributed by atoms with van der Waals surface area (Å²) < 4.78 is 0. The summed E-state index contributed by atoms with van der Waals surface area (Å²) in [6.45, 7) is 8.19. The van der Waals surface area contributed by atoms with E-state index in [1.54, 1.807) is 0 Å². The molecule has 25 heavy (non-hydrogen) atoms. The van der Waals surface area contributed by atoms with E-state index < -0.39 is 0 Å². The second-order valence-electron chi connectivity index (χ2n) is 6.71. The van der Waals surface area contributed by atoms with Gasteiger partial charge in [0.25, 0.3) is 0 Å². The number of nitrogens with one attached hydrogen (secondary N) is 2. The van der Waals surface area contributed by atoms with Crippen molar-refractivity contribution in [3.05, 3.63) is 20.9 Å². The molecule has 5 heteroatoms. The normalized spacial score (nSPS) is 18.8. The smallest absolute Gasteiger partial charge is 0.503 e. The third-order valence-corrected chi connectivity index (χ3v) is 4.64. The van der Waals surface area contributed by atoms with E-state index in [0.717, 1.165) is 51.0 Å². The van der Waals surface area contributed by atoms with Crippen molar-refractivity contribution in [1.29, 1.82) is 0 Å². The van der Waals surface area contributed by atoms with Gasteiger partial charge >= 0.3 is 21.7 Å². The van der Waals surface area contributed by atoms with Gasteiger partial charge in [-0.2, -0.15) is 6.42 Å². The van der Waals surface area contributed by atoms with Gasteiger partial charge in [-0.15, -0.1) is 6.42 Å². The monoisotopic (exact) mass is 387 g/mol. The zero-order valence-electron chi connectivity index (χ0n) is 17.3. The van der Waals surface area contributed by atoms with Crippen LogP contribution >= 0.6 is 0 Å². The van der Waals surface area contributed by atoms with Gasteiger partial charge in [-0.3, -0.25) is 9.59 Å². The van der Waals surface area contributed by atoms with Crippen LogP contribution in [0.2, 0.25) is 0 Å². The Kier molecular flexibility index (Phi) is 17.4. The molecule has 1 atom stereocenters. The number of amides is 2. The van der Waals surface area contributed by atoms with Crippen LogP contribution in [0.5, 0.6) is 0 Å². The zero-order chi connectivity index (χ0) is 16.6. The summed E-state index contributed by atoms with van der Waals surface area (Å²) in [5.74, 6) is 0.189. The Morgan fingerprint density at radius 1 is 1.00 bits per heavy atom. The summed E-state index contributed by atoms with van der Waals surface area (Å²) in [6.07, 6.45) is 8.41. The van der Waals surface area contributed by atoms with Crippen molar-refractivity contribution in [2.45, 2.75) is 91.5 Å². The Morgan fingerprint density at radius 3 is 1.96 bits per heavy atom. The maximum absolute atomic E-state index is 11.8. The summed E-state index contributed by atoms with van der Waals surface area (Å²) in [7, 11) is 0. The fourth-order valence-corrected chi connectivity index (χ4v) is 3.87. The van der Waals surface area contributed by atoms with Gasteiger partial charge in [0.05, 0.1) is 0 Å². The van der Waals surface area contributed by atoms with Crippen LogP contribution in [-0.2, 0) is 31.3 Å². The van der Waals surface area contributed by atoms with Crippen molar-refractivity contribution in [3.63, 3.8) is 0 Å². The Balaban J connectivity index is -0.00000161. The predicted molar refractivity (Wildman–Crippen MR) is 103 cm³/mol. The fourth-order valence-electron chi connectivity index (χ4n) is 3.87. The van der Waals surface area contributed by atoms with Gasteiger partial charge in [0.1, 0.15) is 0 Å². The van der Waals surface area contributed by atoms with Crippen LogP contribution in [0.25, 0.3) is 0 Å². The third-order valence-electron chi connectivity index (χ3n) is 4.64. The van der Waals surface area contributed by atoms with Crippen LogP contribution in [0.15, 0.2) is 0 Å². The van der Waals surface area contributed by atoms with Crippen LogP contribution in [0.1, 0.15) is 85.5 Å². The van der Waals surface area contributed by atoms with E-state index in [1.807, 2.05) is 13.8 Å². The molecule has 4 nitrogen and oxygen atoms in total. The van der Waals surface area contributed by atoms with Crippen LogP contribution in [0.3, 0.4) is 0 Å². The number of hydrogen-bond donors (Lipinski definition) is 2. The molecule has 1 aliphatic rings. The topological polar surface area (TPSA) is 58.2 Å². The molecule has 0 spiro atoms. The zero-order valence-corrected chi connectivity index (χ0v) is 18.8. The maximum atomic E-state index is 11.8. The molecule has 0 aliphatic heterocycles. The van der Waals surface area contributed by atoms with Gasteiger partial charge in [-0.25, -0.2) is 6.04 Å². The predicted octanol–water partition coefficient (Wildman–Crippen LogP) is 4.61. The SMILES string of the molecule is CCCC1(CCC)C[C-](NC(=O)CC)CC(NC(=O)CC)C1.[CH3-].[CH3-].[Ti+3]. The Bertz CT molecular complexity index is 341. The molecule has 0 bridgehead atoms. The minimum atomic E-state index is 0. The second kappa shape index (κ2) is 14.8. The van der Waals surface area contributed by atoms with E-state index in [1.165, 1.54) is 0 Å². The standard InChI is InChI=1S/C18H33N2O2.2CH3.Ti/c1-5-9-18(10-6-2)12-14(19-16(21)7-3)11-15(13-18)20-17(22)8-4;;;/h14H,5-13H2,1-4H3,(H,19,21)(H,20,22);2*1H3;/q3*-1;+3. The van der Waals surface area contributed by atoms with Crippen molar-refractivity contribution in [1.82, 2.24) is 10.6 Å². The molecule has 1 unspecified atom stereocenters. The largest absolute Gasteiger partial charge is 3.00 e. The summed E-state index contributed by atoms with van der Waals surface area (Å²) >= 11 is 0. The maximum Gasteiger partial charge on any atom is 3.00 e. The second-order valence-corrected chi connectivity index (χ2v) is 6.71. The van der Waals surface area contributed by atoms with Crippen molar-refractivity contribution < 1.29 is 31.3 Å². The van der Waals surface area contributed by atoms with Crippen molar-refractivity contribution >= 4 is 11.8 Å². The van der Waals surface area contributed by atoms with E-state index in [0.29, 0.717) is 12.8 Å². The van der Waals surface area contributed by atoms with Crippen LogP contribution in [0.4, 0.5) is 0 Å². The van der Waals surface area contributed by atoms with E-state index in [9.17, 15) is 9.59 Å². The number of rotatable bonds is 8. The first kappa shape index (κ1) is 29.4. The first-order valence-electron chi connectivity index (χ1n) is 8.92. The average Bonchev–Trinajstić information content (AvgIpc) is 2.47. The number of hydrogen-bond acceptors (Lipinski definition) is 2. The molecule has 1 saturated carbocycles. The summed E-state index contributed by atoms with van der Waals surface area (Å²) in [5.41, 5.74) is 0.226. The molecule has 0 saturated heterocycles. The van der Waals surface area contributed by atoms with E-state index in [-0.39, 0.29) is 59.8 Å². The van der Waals surface area contributed by atoms with Gasteiger partial charge in [0.15, 0.2) is 5.91 Å². The van der Waals surface area contributed by atoms with Crippen LogP contribution < -0.4 is 10.6 Å². The van der Waals surface area contributed by atoms with E-state index in [2.05, 4.69) is 24.5 Å². The Labute approximate surface area is 171 Å². The molecule has 145 valence electrons. The first-order chi connectivity index (χ1) is 10.5. The summed E-state index contributed by atoms with van der Waals surface area (Å²) in [5, 5.41) is 6.24. The average molecular weight is 387 g/mol. The molecule has 1 aliphatic carbocycles. The van der Waals surface area contributed by atoms with Gasteiger partial charge in [-0.05, 0) is 6.42 Å². The molecule has 0 aromatic rings. The van der Waals surface area contributed by atoms with Crippen LogP contribution in [-0.4, -0.2) is 17.9 Å². The summed E-state index contributed by atoms with van der Waals surface area (Å²) in [6, 6.07) is 1.27. The third kappa shape index (κ3) is 9.79. The van der Waals surface area contributed by atoms with E-state index in [4.69, 9.17) is 0 Å².